The highest BCUT2D eigenvalue weighted by Crippen LogP contribution is 2.55. The molecule has 1 fully saturated rings. The molecule has 2 aromatic rings. The van der Waals surface area contributed by atoms with Crippen molar-refractivity contribution in [3.8, 4) is 0 Å². The third-order valence-corrected chi connectivity index (χ3v) is 3.81. The zero-order valence-electron chi connectivity index (χ0n) is 9.11. The van der Waals surface area contributed by atoms with E-state index < -0.39 is 0 Å². The number of benzene rings is 1. The van der Waals surface area contributed by atoms with Crippen LogP contribution < -0.4 is 0 Å². The van der Waals surface area contributed by atoms with Gasteiger partial charge in [0.2, 0.25) is 0 Å². The molecule has 1 aromatic carbocycles. The Kier molecular flexibility index (Phi) is 2.81. The van der Waals surface area contributed by atoms with Gasteiger partial charge < -0.3 is 0 Å². The highest BCUT2D eigenvalue weighted by atomic mass is 35.5. The topological polar surface area (TPSA) is 12.9 Å². The molecule has 0 saturated heterocycles. The summed E-state index contributed by atoms with van der Waals surface area (Å²) in [6, 6.07) is 12.1. The molecule has 1 heterocycles. The van der Waals surface area contributed by atoms with Crippen LogP contribution in [0.25, 0.3) is 0 Å². The molecule has 1 aliphatic carbocycles. The molecule has 2 atom stereocenters. The number of hydrogen-bond donors (Lipinski definition) is 0. The third-order valence-electron chi connectivity index (χ3n) is 3.25. The number of halogens is 2. The summed E-state index contributed by atoms with van der Waals surface area (Å²) >= 11 is 12.1. The Morgan fingerprint density at radius 1 is 1.06 bits per heavy atom. The highest BCUT2D eigenvalue weighted by Gasteiger charge is 2.40. The van der Waals surface area contributed by atoms with Gasteiger partial charge in [-0.05, 0) is 47.6 Å². The van der Waals surface area contributed by atoms with Crippen molar-refractivity contribution in [3.05, 3.63) is 63.9 Å². The molecule has 0 amide bonds. The van der Waals surface area contributed by atoms with E-state index in [1.54, 1.807) is 6.20 Å². The SMILES string of the molecule is Clc1cccc(C2CC2c2cccnc2Cl)c1. The summed E-state index contributed by atoms with van der Waals surface area (Å²) in [6.45, 7) is 0. The van der Waals surface area contributed by atoms with Crippen molar-refractivity contribution in [2.75, 3.05) is 0 Å². The Morgan fingerprint density at radius 2 is 1.94 bits per heavy atom. The van der Waals surface area contributed by atoms with Crippen molar-refractivity contribution in [2.45, 2.75) is 18.3 Å². The van der Waals surface area contributed by atoms with Crippen molar-refractivity contribution >= 4 is 23.2 Å². The molecule has 0 spiro atoms. The quantitative estimate of drug-likeness (QED) is 0.719. The molecule has 0 aliphatic heterocycles. The average Bonchev–Trinajstić information content (AvgIpc) is 3.10. The molecule has 1 nitrogen and oxygen atoms in total. The lowest BCUT2D eigenvalue weighted by molar-refractivity contribution is 1.01. The second-order valence-electron chi connectivity index (χ2n) is 4.39. The van der Waals surface area contributed by atoms with Crippen molar-refractivity contribution in [3.63, 3.8) is 0 Å². The molecule has 17 heavy (non-hydrogen) atoms. The van der Waals surface area contributed by atoms with E-state index in [2.05, 4.69) is 17.1 Å². The van der Waals surface area contributed by atoms with E-state index >= 15 is 0 Å². The Balaban J connectivity index is 1.86. The maximum atomic E-state index is 6.11. The van der Waals surface area contributed by atoms with E-state index in [-0.39, 0.29) is 0 Å². The van der Waals surface area contributed by atoms with Crippen LogP contribution in [0.15, 0.2) is 42.6 Å². The van der Waals surface area contributed by atoms with Gasteiger partial charge in [0.15, 0.2) is 0 Å². The summed E-state index contributed by atoms with van der Waals surface area (Å²) in [5.41, 5.74) is 2.45. The van der Waals surface area contributed by atoms with Crippen molar-refractivity contribution in [2.24, 2.45) is 0 Å². The predicted molar refractivity (Wildman–Crippen MR) is 70.8 cm³/mol. The second kappa shape index (κ2) is 4.32. The van der Waals surface area contributed by atoms with Crippen molar-refractivity contribution in [1.82, 2.24) is 4.98 Å². The van der Waals surface area contributed by atoms with Crippen LogP contribution in [0.2, 0.25) is 10.2 Å². The van der Waals surface area contributed by atoms with Gasteiger partial charge in [0.1, 0.15) is 5.15 Å². The summed E-state index contributed by atoms with van der Waals surface area (Å²) in [6.07, 6.45) is 2.86. The number of nitrogens with zero attached hydrogens (tertiary/aromatic N) is 1. The first-order valence-corrected chi connectivity index (χ1v) is 6.37. The van der Waals surface area contributed by atoms with E-state index in [0.717, 1.165) is 17.0 Å². The standard InChI is InChI=1S/C14H11Cl2N/c15-10-4-1-3-9(7-10)12-8-13(12)11-5-2-6-17-14(11)16/h1-7,12-13H,8H2. The van der Waals surface area contributed by atoms with E-state index in [9.17, 15) is 0 Å². The van der Waals surface area contributed by atoms with Gasteiger partial charge in [-0.15, -0.1) is 0 Å². The Hall–Kier alpha value is -1.05. The Bertz CT molecular complexity index is 553. The van der Waals surface area contributed by atoms with Crippen LogP contribution in [0.4, 0.5) is 0 Å². The third kappa shape index (κ3) is 2.18. The molecule has 3 rings (SSSR count). The van der Waals surface area contributed by atoms with E-state index in [0.29, 0.717) is 17.0 Å². The van der Waals surface area contributed by atoms with Gasteiger partial charge in [-0.1, -0.05) is 41.4 Å². The fourth-order valence-corrected chi connectivity index (χ4v) is 2.78. The smallest absolute Gasteiger partial charge is 0.132 e. The maximum absolute atomic E-state index is 6.11. The largest absolute Gasteiger partial charge is 0.244 e. The maximum Gasteiger partial charge on any atom is 0.132 e. The molecule has 1 saturated carbocycles. The minimum absolute atomic E-state index is 0.495. The molecule has 86 valence electrons. The molecule has 3 heteroatoms. The van der Waals surface area contributed by atoms with Crippen LogP contribution in [0.3, 0.4) is 0 Å². The monoisotopic (exact) mass is 263 g/mol. The van der Waals surface area contributed by atoms with Gasteiger partial charge in [-0.3, -0.25) is 0 Å². The van der Waals surface area contributed by atoms with Crippen molar-refractivity contribution < 1.29 is 0 Å². The molecule has 1 aromatic heterocycles. The summed E-state index contributed by atoms with van der Waals surface area (Å²) in [4.78, 5) is 4.13. The van der Waals surface area contributed by atoms with E-state index in [1.165, 1.54) is 5.56 Å². The van der Waals surface area contributed by atoms with Crippen LogP contribution in [0.1, 0.15) is 29.4 Å². The van der Waals surface area contributed by atoms with E-state index in [4.69, 9.17) is 23.2 Å². The first-order chi connectivity index (χ1) is 8.25. The van der Waals surface area contributed by atoms with Crippen LogP contribution in [-0.2, 0) is 0 Å². The van der Waals surface area contributed by atoms with Crippen LogP contribution in [0.5, 0.6) is 0 Å². The summed E-state index contributed by atoms with van der Waals surface area (Å²) < 4.78 is 0. The van der Waals surface area contributed by atoms with Crippen molar-refractivity contribution in [1.29, 1.82) is 0 Å². The molecular weight excluding hydrogens is 253 g/mol. The van der Waals surface area contributed by atoms with Crippen LogP contribution in [-0.4, -0.2) is 4.98 Å². The summed E-state index contributed by atoms with van der Waals surface area (Å²) in [7, 11) is 0. The molecule has 0 bridgehead atoms. The number of rotatable bonds is 2. The average molecular weight is 264 g/mol. The van der Waals surface area contributed by atoms with Gasteiger partial charge in [0, 0.05) is 11.2 Å². The Labute approximate surface area is 110 Å². The molecular formula is C14H11Cl2N. The van der Waals surface area contributed by atoms with Crippen LogP contribution in [0, 0.1) is 0 Å². The zero-order chi connectivity index (χ0) is 11.8. The van der Waals surface area contributed by atoms with Gasteiger partial charge in [0.25, 0.3) is 0 Å². The molecule has 1 aliphatic rings. The van der Waals surface area contributed by atoms with Crippen LogP contribution >= 0.6 is 23.2 Å². The molecule has 0 N–H and O–H groups in total. The lowest BCUT2D eigenvalue weighted by Gasteiger charge is -2.03. The highest BCUT2D eigenvalue weighted by molar-refractivity contribution is 6.30. The van der Waals surface area contributed by atoms with Gasteiger partial charge >= 0.3 is 0 Å². The summed E-state index contributed by atoms with van der Waals surface area (Å²) in [5, 5.41) is 1.42. The predicted octanol–water partition coefficient (Wildman–Crippen LogP) is 4.66. The van der Waals surface area contributed by atoms with Gasteiger partial charge in [0.05, 0.1) is 0 Å². The first kappa shape index (κ1) is 11.1. The fourth-order valence-electron chi connectivity index (χ4n) is 2.32. The van der Waals surface area contributed by atoms with Gasteiger partial charge in [-0.25, -0.2) is 4.98 Å². The summed E-state index contributed by atoms with van der Waals surface area (Å²) in [5.74, 6) is 1.03. The first-order valence-electron chi connectivity index (χ1n) is 5.61. The number of hydrogen-bond acceptors (Lipinski definition) is 1. The zero-order valence-corrected chi connectivity index (χ0v) is 10.6. The molecule has 0 radical (unpaired) electrons. The van der Waals surface area contributed by atoms with Gasteiger partial charge in [-0.2, -0.15) is 0 Å². The Morgan fingerprint density at radius 3 is 2.71 bits per heavy atom. The number of aromatic nitrogens is 1. The lowest BCUT2D eigenvalue weighted by Crippen LogP contribution is -1.87. The normalized spacial score (nSPS) is 22.5. The minimum Gasteiger partial charge on any atom is -0.244 e. The van der Waals surface area contributed by atoms with E-state index in [1.807, 2.05) is 24.3 Å². The minimum atomic E-state index is 0.495. The lowest BCUT2D eigenvalue weighted by atomic mass is 10.1. The molecule has 2 unspecified atom stereocenters. The second-order valence-corrected chi connectivity index (χ2v) is 5.18. The fraction of sp³-hybridized carbons (Fsp3) is 0.214. The number of pyridine rings is 1.